The Kier molecular flexibility index (Phi) is 5.62. The number of carbonyl (C=O) groups is 1. The van der Waals surface area contributed by atoms with Crippen molar-refractivity contribution >= 4 is 23.2 Å². The van der Waals surface area contributed by atoms with Gasteiger partial charge in [0.1, 0.15) is 6.10 Å². The standard InChI is InChI=1S/C17H17ClN4O4/c18-12-9-19-17(20-10-12)26-15-7-3-13(4-8-15)21-16(23)11-1-5-14(6-2-11)22(24)25/h1-2,5-6,9-10,13,15H,3-4,7-8H2,(H,21,23). The van der Waals surface area contributed by atoms with Gasteiger partial charge in [-0.15, -0.1) is 0 Å². The van der Waals surface area contributed by atoms with E-state index in [2.05, 4.69) is 15.3 Å². The number of nitrogens with one attached hydrogen (secondary N) is 1. The molecule has 1 aliphatic carbocycles. The second-order valence-corrected chi connectivity index (χ2v) is 6.49. The summed E-state index contributed by atoms with van der Waals surface area (Å²) in [5.74, 6) is -0.231. The molecule has 0 radical (unpaired) electrons. The molecule has 1 heterocycles. The normalized spacial score (nSPS) is 19.6. The zero-order chi connectivity index (χ0) is 18.5. The fraction of sp³-hybridized carbons (Fsp3) is 0.353. The molecule has 0 aliphatic heterocycles. The highest BCUT2D eigenvalue weighted by Crippen LogP contribution is 2.23. The Morgan fingerprint density at radius 1 is 1.15 bits per heavy atom. The molecule has 9 heteroatoms. The summed E-state index contributed by atoms with van der Waals surface area (Å²) in [7, 11) is 0. The van der Waals surface area contributed by atoms with Crippen molar-refractivity contribution in [3.63, 3.8) is 0 Å². The molecule has 0 atom stereocenters. The molecule has 136 valence electrons. The molecule has 1 aromatic heterocycles. The van der Waals surface area contributed by atoms with Crippen LogP contribution >= 0.6 is 11.6 Å². The number of nitrogens with zero attached hydrogens (tertiary/aromatic N) is 3. The van der Waals surface area contributed by atoms with Gasteiger partial charge in [-0.05, 0) is 37.8 Å². The van der Waals surface area contributed by atoms with E-state index in [0.29, 0.717) is 16.6 Å². The Balaban J connectivity index is 1.48. The van der Waals surface area contributed by atoms with Crippen LogP contribution in [-0.4, -0.2) is 32.9 Å². The molecule has 1 fully saturated rings. The van der Waals surface area contributed by atoms with Crippen LogP contribution in [0.3, 0.4) is 0 Å². The summed E-state index contributed by atoms with van der Waals surface area (Å²) in [5.41, 5.74) is 0.368. The van der Waals surface area contributed by atoms with E-state index in [9.17, 15) is 14.9 Å². The van der Waals surface area contributed by atoms with Crippen LogP contribution in [0.1, 0.15) is 36.0 Å². The van der Waals surface area contributed by atoms with Gasteiger partial charge >= 0.3 is 6.01 Å². The monoisotopic (exact) mass is 376 g/mol. The number of amides is 1. The number of non-ortho nitro benzene ring substituents is 1. The molecule has 0 saturated heterocycles. The summed E-state index contributed by atoms with van der Waals surface area (Å²) in [4.78, 5) is 30.4. The van der Waals surface area contributed by atoms with Crippen LogP contribution in [0, 0.1) is 10.1 Å². The molecule has 0 unspecified atom stereocenters. The van der Waals surface area contributed by atoms with Gasteiger partial charge in [-0.2, -0.15) is 0 Å². The maximum Gasteiger partial charge on any atom is 0.316 e. The van der Waals surface area contributed by atoms with Gasteiger partial charge in [0.05, 0.1) is 22.3 Å². The predicted octanol–water partition coefficient (Wildman–Crippen LogP) is 3.16. The van der Waals surface area contributed by atoms with E-state index in [0.717, 1.165) is 25.7 Å². The van der Waals surface area contributed by atoms with E-state index in [4.69, 9.17) is 16.3 Å². The van der Waals surface area contributed by atoms with Crippen molar-refractivity contribution in [2.24, 2.45) is 0 Å². The average Bonchev–Trinajstić information content (AvgIpc) is 2.65. The lowest BCUT2D eigenvalue weighted by atomic mass is 9.92. The van der Waals surface area contributed by atoms with Crippen LogP contribution in [0.25, 0.3) is 0 Å². The second-order valence-electron chi connectivity index (χ2n) is 6.05. The third kappa shape index (κ3) is 4.66. The summed E-state index contributed by atoms with van der Waals surface area (Å²) in [6, 6.07) is 5.91. The van der Waals surface area contributed by atoms with Crippen LogP contribution in [-0.2, 0) is 0 Å². The van der Waals surface area contributed by atoms with Crippen molar-refractivity contribution in [2.75, 3.05) is 0 Å². The van der Waals surface area contributed by atoms with Gasteiger partial charge in [0, 0.05) is 23.7 Å². The van der Waals surface area contributed by atoms with E-state index in [1.807, 2.05) is 0 Å². The van der Waals surface area contributed by atoms with Gasteiger partial charge in [-0.3, -0.25) is 14.9 Å². The van der Waals surface area contributed by atoms with E-state index in [-0.39, 0.29) is 23.7 Å². The number of hydrogen-bond donors (Lipinski definition) is 1. The molecule has 1 amide bonds. The van der Waals surface area contributed by atoms with E-state index in [1.54, 1.807) is 0 Å². The molecule has 1 aromatic carbocycles. The molecule has 2 aromatic rings. The lowest BCUT2D eigenvalue weighted by Gasteiger charge is -2.28. The highest BCUT2D eigenvalue weighted by molar-refractivity contribution is 6.30. The minimum atomic E-state index is -0.493. The van der Waals surface area contributed by atoms with Crippen molar-refractivity contribution in [2.45, 2.75) is 37.8 Å². The maximum absolute atomic E-state index is 12.3. The van der Waals surface area contributed by atoms with E-state index >= 15 is 0 Å². The number of benzene rings is 1. The first-order valence-corrected chi connectivity index (χ1v) is 8.58. The average molecular weight is 377 g/mol. The first-order valence-electron chi connectivity index (χ1n) is 8.21. The van der Waals surface area contributed by atoms with Gasteiger partial charge in [-0.1, -0.05) is 11.6 Å². The Bertz CT molecular complexity index is 774. The molecule has 0 spiro atoms. The van der Waals surface area contributed by atoms with Crippen LogP contribution in [0.2, 0.25) is 5.02 Å². The van der Waals surface area contributed by atoms with Crippen LogP contribution in [0.15, 0.2) is 36.7 Å². The van der Waals surface area contributed by atoms with Gasteiger partial charge in [0.15, 0.2) is 0 Å². The first kappa shape index (κ1) is 18.1. The third-order valence-electron chi connectivity index (χ3n) is 4.22. The highest BCUT2D eigenvalue weighted by Gasteiger charge is 2.24. The van der Waals surface area contributed by atoms with Gasteiger partial charge in [0.25, 0.3) is 11.6 Å². The zero-order valence-electron chi connectivity index (χ0n) is 13.8. The Hall–Kier alpha value is -2.74. The third-order valence-corrected chi connectivity index (χ3v) is 4.41. The summed E-state index contributed by atoms with van der Waals surface area (Å²) >= 11 is 5.74. The molecular weight excluding hydrogens is 360 g/mol. The first-order chi connectivity index (χ1) is 12.5. The number of ether oxygens (including phenoxy) is 1. The van der Waals surface area contributed by atoms with Crippen LogP contribution in [0.4, 0.5) is 5.69 Å². The second kappa shape index (κ2) is 8.09. The lowest BCUT2D eigenvalue weighted by molar-refractivity contribution is -0.384. The molecular formula is C17H17ClN4O4. The number of nitro groups is 1. The Morgan fingerprint density at radius 2 is 1.77 bits per heavy atom. The number of halogens is 1. The molecule has 0 bridgehead atoms. The Labute approximate surface area is 154 Å². The fourth-order valence-corrected chi connectivity index (χ4v) is 2.94. The number of nitro benzene ring substituents is 1. The van der Waals surface area contributed by atoms with Crippen LogP contribution in [0.5, 0.6) is 6.01 Å². The van der Waals surface area contributed by atoms with Gasteiger partial charge in [0.2, 0.25) is 0 Å². The largest absolute Gasteiger partial charge is 0.460 e. The maximum atomic E-state index is 12.3. The number of aromatic nitrogens is 2. The lowest BCUT2D eigenvalue weighted by Crippen LogP contribution is -2.39. The topological polar surface area (TPSA) is 107 Å². The molecule has 1 N–H and O–H groups in total. The van der Waals surface area contributed by atoms with Crippen molar-refractivity contribution in [3.8, 4) is 6.01 Å². The number of carbonyl (C=O) groups excluding carboxylic acids is 1. The van der Waals surface area contributed by atoms with Crippen molar-refractivity contribution < 1.29 is 14.5 Å². The minimum Gasteiger partial charge on any atom is -0.460 e. The number of hydrogen-bond acceptors (Lipinski definition) is 6. The zero-order valence-corrected chi connectivity index (χ0v) is 14.6. The smallest absolute Gasteiger partial charge is 0.316 e. The summed E-state index contributed by atoms with van der Waals surface area (Å²) < 4.78 is 5.73. The summed E-state index contributed by atoms with van der Waals surface area (Å²) in [6.45, 7) is 0. The molecule has 3 rings (SSSR count). The fourth-order valence-electron chi connectivity index (χ4n) is 2.84. The SMILES string of the molecule is O=C(NC1CCC(Oc2ncc(Cl)cn2)CC1)c1ccc([N+](=O)[O-])cc1. The molecule has 26 heavy (non-hydrogen) atoms. The molecule has 8 nitrogen and oxygen atoms in total. The molecule has 1 aliphatic rings. The van der Waals surface area contributed by atoms with E-state index in [1.165, 1.54) is 36.7 Å². The minimum absolute atomic E-state index is 0.00343. The summed E-state index contributed by atoms with van der Waals surface area (Å²) in [5, 5.41) is 14.1. The van der Waals surface area contributed by atoms with Crippen molar-refractivity contribution in [1.29, 1.82) is 0 Å². The van der Waals surface area contributed by atoms with Gasteiger partial charge < -0.3 is 10.1 Å². The van der Waals surface area contributed by atoms with Crippen molar-refractivity contribution in [1.82, 2.24) is 15.3 Å². The van der Waals surface area contributed by atoms with E-state index < -0.39 is 4.92 Å². The van der Waals surface area contributed by atoms with Gasteiger partial charge in [-0.25, -0.2) is 9.97 Å². The Morgan fingerprint density at radius 3 is 2.35 bits per heavy atom. The molecule has 1 saturated carbocycles. The number of rotatable bonds is 5. The predicted molar refractivity (Wildman–Crippen MR) is 94.3 cm³/mol. The quantitative estimate of drug-likeness (QED) is 0.634. The van der Waals surface area contributed by atoms with Crippen LogP contribution < -0.4 is 10.1 Å². The van der Waals surface area contributed by atoms with Crippen molar-refractivity contribution in [3.05, 3.63) is 57.4 Å². The summed E-state index contributed by atoms with van der Waals surface area (Å²) in [6.07, 6.45) is 6.08. The highest BCUT2D eigenvalue weighted by atomic mass is 35.5.